The Bertz CT molecular complexity index is 1320. The van der Waals surface area contributed by atoms with Crippen LogP contribution in [0.15, 0.2) is 55.0 Å². The van der Waals surface area contributed by atoms with Crippen LogP contribution in [0.2, 0.25) is 0 Å². The van der Waals surface area contributed by atoms with Crippen LogP contribution >= 0.6 is 7.60 Å². The third-order valence-corrected chi connectivity index (χ3v) is 7.33. The van der Waals surface area contributed by atoms with Gasteiger partial charge in [-0.25, -0.2) is 9.78 Å². The van der Waals surface area contributed by atoms with Gasteiger partial charge >= 0.3 is 13.6 Å². The lowest BCUT2D eigenvalue weighted by Gasteiger charge is -2.17. The molecule has 0 atom stereocenters. The van der Waals surface area contributed by atoms with Crippen LogP contribution in [0.4, 0.5) is 0 Å². The number of carbonyl (C=O) groups excluding carboxylic acids is 1. The molecule has 0 N–H and O–H groups in total. The first-order chi connectivity index (χ1) is 16.0. The molecule has 172 valence electrons. The number of methoxy groups -OCH3 is 1. The highest BCUT2D eigenvalue weighted by Gasteiger charge is 2.24. The van der Waals surface area contributed by atoms with Crippen molar-refractivity contribution >= 4 is 35.5 Å². The molecular formula is C24H26N3O5P. The van der Waals surface area contributed by atoms with E-state index in [1.807, 2.05) is 30.3 Å². The molecule has 0 spiro atoms. The first kappa shape index (κ1) is 23.1. The SMILES string of the molecule is CCOP(=O)(Cc1ccc(Cn2cnc3cnc4cc(C(=O)OC)ccc4c32)cc1)OCC. The lowest BCUT2D eigenvalue weighted by molar-refractivity contribution is 0.0601. The van der Waals surface area contributed by atoms with E-state index in [0.29, 0.717) is 30.8 Å². The fourth-order valence-corrected chi connectivity index (χ4v) is 5.51. The summed E-state index contributed by atoms with van der Waals surface area (Å²) in [7, 11) is -1.78. The number of carbonyl (C=O) groups is 1. The lowest BCUT2D eigenvalue weighted by atomic mass is 10.1. The Labute approximate surface area is 192 Å². The summed E-state index contributed by atoms with van der Waals surface area (Å²) in [5.74, 6) is -0.398. The fourth-order valence-electron chi connectivity index (χ4n) is 3.81. The van der Waals surface area contributed by atoms with E-state index in [9.17, 15) is 9.36 Å². The van der Waals surface area contributed by atoms with E-state index in [1.54, 1.807) is 38.5 Å². The molecule has 0 bridgehead atoms. The number of aromatic nitrogens is 3. The van der Waals surface area contributed by atoms with Crippen molar-refractivity contribution in [3.8, 4) is 0 Å². The molecule has 4 rings (SSSR count). The zero-order valence-electron chi connectivity index (χ0n) is 18.9. The van der Waals surface area contributed by atoms with E-state index in [2.05, 4.69) is 14.5 Å². The van der Waals surface area contributed by atoms with E-state index in [4.69, 9.17) is 13.8 Å². The second-order valence-electron chi connectivity index (χ2n) is 7.51. The summed E-state index contributed by atoms with van der Waals surface area (Å²) in [6.45, 7) is 4.89. The standard InChI is InChI=1S/C24H26N3O5P/c1-4-31-33(29,32-5-2)15-18-8-6-17(7-9-18)14-27-16-26-22-13-25-21-12-19(24(28)30-3)10-11-20(21)23(22)27/h6-13,16H,4-5,14-15H2,1-3H3. The second kappa shape index (κ2) is 9.83. The molecule has 33 heavy (non-hydrogen) atoms. The molecule has 4 aromatic rings. The lowest BCUT2D eigenvalue weighted by Crippen LogP contribution is -2.02. The minimum atomic E-state index is -3.14. The van der Waals surface area contributed by atoms with Crippen molar-refractivity contribution in [2.45, 2.75) is 26.6 Å². The Hall–Kier alpha value is -3.06. The molecular weight excluding hydrogens is 441 g/mol. The van der Waals surface area contributed by atoms with Gasteiger partial charge in [-0.15, -0.1) is 0 Å². The van der Waals surface area contributed by atoms with Crippen LogP contribution in [0.25, 0.3) is 21.9 Å². The number of hydrogen-bond donors (Lipinski definition) is 0. The van der Waals surface area contributed by atoms with Crippen LogP contribution in [0.3, 0.4) is 0 Å². The van der Waals surface area contributed by atoms with Gasteiger partial charge in [-0.2, -0.15) is 0 Å². The normalized spacial score (nSPS) is 11.8. The van der Waals surface area contributed by atoms with E-state index in [0.717, 1.165) is 27.5 Å². The van der Waals surface area contributed by atoms with Crippen LogP contribution in [0.1, 0.15) is 35.3 Å². The van der Waals surface area contributed by atoms with Crippen molar-refractivity contribution < 1.29 is 23.1 Å². The van der Waals surface area contributed by atoms with Gasteiger partial charge in [0, 0.05) is 11.9 Å². The van der Waals surface area contributed by atoms with Crippen molar-refractivity contribution in [3.63, 3.8) is 0 Å². The van der Waals surface area contributed by atoms with Gasteiger partial charge < -0.3 is 18.4 Å². The maximum Gasteiger partial charge on any atom is 0.337 e. The van der Waals surface area contributed by atoms with Gasteiger partial charge in [0.25, 0.3) is 0 Å². The quantitative estimate of drug-likeness (QED) is 0.247. The predicted octanol–water partition coefficient (Wildman–Crippen LogP) is 5.19. The second-order valence-corrected chi connectivity index (χ2v) is 9.56. The number of pyridine rings is 1. The Morgan fingerprint density at radius 1 is 0.970 bits per heavy atom. The number of rotatable bonds is 9. The molecule has 0 aliphatic rings. The third kappa shape index (κ3) is 4.98. The van der Waals surface area contributed by atoms with Crippen LogP contribution < -0.4 is 0 Å². The number of ether oxygens (including phenoxy) is 1. The summed E-state index contributed by atoms with van der Waals surface area (Å²) >= 11 is 0. The van der Waals surface area contributed by atoms with Crippen LogP contribution in [-0.2, 0) is 31.1 Å². The van der Waals surface area contributed by atoms with E-state index in [-0.39, 0.29) is 6.16 Å². The van der Waals surface area contributed by atoms with Crippen molar-refractivity contribution in [1.29, 1.82) is 0 Å². The average Bonchev–Trinajstić information content (AvgIpc) is 3.22. The molecule has 0 saturated carbocycles. The number of imidazole rings is 1. The Balaban J connectivity index is 1.60. The molecule has 8 nitrogen and oxygen atoms in total. The first-order valence-electron chi connectivity index (χ1n) is 10.7. The summed E-state index contributed by atoms with van der Waals surface area (Å²) in [5, 5.41) is 0.906. The zero-order valence-corrected chi connectivity index (χ0v) is 19.7. The smallest absolute Gasteiger partial charge is 0.337 e. The zero-order chi connectivity index (χ0) is 23.4. The van der Waals surface area contributed by atoms with E-state index < -0.39 is 13.6 Å². The highest BCUT2D eigenvalue weighted by atomic mass is 31.2. The average molecular weight is 467 g/mol. The number of hydrogen-bond acceptors (Lipinski definition) is 7. The Kier molecular flexibility index (Phi) is 6.88. The molecule has 0 aliphatic carbocycles. The van der Waals surface area contributed by atoms with E-state index in [1.165, 1.54) is 7.11 Å². The van der Waals surface area contributed by atoms with Gasteiger partial charge in [-0.1, -0.05) is 24.3 Å². The topological polar surface area (TPSA) is 92.5 Å². The molecule has 0 amide bonds. The maximum absolute atomic E-state index is 12.8. The molecule has 2 aromatic carbocycles. The van der Waals surface area contributed by atoms with Crippen LogP contribution in [-0.4, -0.2) is 40.8 Å². The van der Waals surface area contributed by atoms with Gasteiger partial charge in [0.1, 0.15) is 5.52 Å². The predicted molar refractivity (Wildman–Crippen MR) is 126 cm³/mol. The number of fused-ring (bicyclic) bond motifs is 3. The van der Waals surface area contributed by atoms with E-state index >= 15 is 0 Å². The Morgan fingerprint density at radius 2 is 1.67 bits per heavy atom. The van der Waals surface area contributed by atoms with Gasteiger partial charge in [-0.05, 0) is 43.2 Å². The highest BCUT2D eigenvalue weighted by Crippen LogP contribution is 2.51. The van der Waals surface area contributed by atoms with Crippen LogP contribution in [0.5, 0.6) is 0 Å². The van der Waals surface area contributed by atoms with Gasteiger partial charge in [0.2, 0.25) is 0 Å². The van der Waals surface area contributed by atoms with Crippen molar-refractivity contribution in [3.05, 3.63) is 71.7 Å². The molecule has 2 heterocycles. The summed E-state index contributed by atoms with van der Waals surface area (Å²) in [5.41, 5.74) is 4.83. The Morgan fingerprint density at radius 3 is 2.33 bits per heavy atom. The van der Waals surface area contributed by atoms with Gasteiger partial charge in [0.15, 0.2) is 0 Å². The summed E-state index contributed by atoms with van der Waals surface area (Å²) < 4.78 is 30.4. The summed E-state index contributed by atoms with van der Waals surface area (Å²) in [6.07, 6.45) is 3.73. The number of benzene rings is 2. The van der Waals surface area contributed by atoms with Gasteiger partial charge in [-0.3, -0.25) is 9.55 Å². The first-order valence-corrected chi connectivity index (χ1v) is 12.5. The fraction of sp³-hybridized carbons (Fsp3) is 0.292. The number of nitrogens with zero attached hydrogens (tertiary/aromatic N) is 3. The largest absolute Gasteiger partial charge is 0.465 e. The molecule has 9 heteroatoms. The number of esters is 1. The van der Waals surface area contributed by atoms with Crippen LogP contribution in [0, 0.1) is 0 Å². The monoisotopic (exact) mass is 467 g/mol. The minimum Gasteiger partial charge on any atom is -0.465 e. The maximum atomic E-state index is 12.8. The molecule has 2 aromatic heterocycles. The third-order valence-electron chi connectivity index (χ3n) is 5.27. The summed E-state index contributed by atoms with van der Waals surface area (Å²) in [6, 6.07) is 13.2. The minimum absolute atomic E-state index is 0.238. The van der Waals surface area contributed by atoms with Gasteiger partial charge in [0.05, 0.1) is 55.6 Å². The van der Waals surface area contributed by atoms with Crippen molar-refractivity contribution in [1.82, 2.24) is 14.5 Å². The molecule has 0 saturated heterocycles. The molecule has 0 fully saturated rings. The summed E-state index contributed by atoms with van der Waals surface area (Å²) in [4.78, 5) is 20.8. The van der Waals surface area contributed by atoms with Crippen molar-refractivity contribution in [2.24, 2.45) is 0 Å². The molecule has 0 unspecified atom stereocenters. The highest BCUT2D eigenvalue weighted by molar-refractivity contribution is 7.53. The van der Waals surface area contributed by atoms with Crippen molar-refractivity contribution in [2.75, 3.05) is 20.3 Å². The molecule has 0 radical (unpaired) electrons. The molecule has 0 aliphatic heterocycles.